The molecule has 1 aromatic rings. The number of carbonyl (C=O) groups excluding carboxylic acids is 1. The lowest BCUT2D eigenvalue weighted by Crippen LogP contribution is -2.14. The van der Waals surface area contributed by atoms with Gasteiger partial charge >= 0.3 is 11.9 Å². The van der Waals surface area contributed by atoms with Crippen LogP contribution in [0.2, 0.25) is 0 Å². The van der Waals surface area contributed by atoms with Crippen LogP contribution in [0.25, 0.3) is 0 Å². The molecule has 0 unspecified atom stereocenters. The summed E-state index contributed by atoms with van der Waals surface area (Å²) in [4.78, 5) is 22.5. The maximum atomic E-state index is 11.6. The summed E-state index contributed by atoms with van der Waals surface area (Å²) in [5, 5.41) is 8.91. The van der Waals surface area contributed by atoms with Crippen LogP contribution in [0.3, 0.4) is 0 Å². The minimum absolute atomic E-state index is 0.0153. The Morgan fingerprint density at radius 1 is 1.22 bits per heavy atom. The third kappa shape index (κ3) is 3.83. The van der Waals surface area contributed by atoms with Gasteiger partial charge in [-0.15, -0.1) is 0 Å². The van der Waals surface area contributed by atoms with Gasteiger partial charge in [0, 0.05) is 6.92 Å². The minimum atomic E-state index is -1.17. The van der Waals surface area contributed by atoms with Crippen LogP contribution in [0, 0.1) is 12.0 Å². The molecule has 0 aliphatic rings. The van der Waals surface area contributed by atoms with Gasteiger partial charge in [0.25, 0.3) is 0 Å². The third-order valence-electron chi connectivity index (χ3n) is 1.97. The largest absolute Gasteiger partial charge is 0.478 e. The molecule has 94 valence electrons. The highest BCUT2D eigenvalue weighted by Crippen LogP contribution is 2.10. The Balaban J connectivity index is 2.60. The van der Waals surface area contributed by atoms with Crippen molar-refractivity contribution < 1.29 is 24.2 Å². The molecule has 1 rings (SSSR count). The highest BCUT2D eigenvalue weighted by Gasteiger charge is 2.16. The SMILES string of the molecule is CC#COCCOC(=O)c1ccccc1C(=O)O. The number of esters is 1. The molecule has 0 fully saturated rings. The van der Waals surface area contributed by atoms with E-state index in [-0.39, 0.29) is 24.3 Å². The Bertz CT molecular complexity index is 496. The van der Waals surface area contributed by atoms with Gasteiger partial charge in [-0.2, -0.15) is 0 Å². The molecular formula is C13H12O5. The average Bonchev–Trinajstić information content (AvgIpc) is 2.38. The van der Waals surface area contributed by atoms with Crippen molar-refractivity contribution in [2.75, 3.05) is 13.2 Å². The lowest BCUT2D eigenvalue weighted by Gasteiger charge is -2.06. The number of carboxylic acids is 1. The van der Waals surface area contributed by atoms with Crippen LogP contribution in [0.4, 0.5) is 0 Å². The van der Waals surface area contributed by atoms with Crippen LogP contribution in [0.5, 0.6) is 0 Å². The Kier molecular flexibility index (Phi) is 5.26. The number of carboxylic acid groups (broad SMARTS) is 1. The van der Waals surface area contributed by atoms with Gasteiger partial charge < -0.3 is 14.6 Å². The summed E-state index contributed by atoms with van der Waals surface area (Å²) in [6, 6.07) is 5.86. The van der Waals surface area contributed by atoms with Crippen LogP contribution >= 0.6 is 0 Å². The first-order chi connectivity index (χ1) is 8.66. The Hall–Kier alpha value is -2.48. The molecule has 0 heterocycles. The molecule has 0 aliphatic heterocycles. The fourth-order valence-electron chi connectivity index (χ4n) is 1.22. The molecule has 0 aromatic heterocycles. The number of benzene rings is 1. The van der Waals surface area contributed by atoms with Crippen molar-refractivity contribution in [2.45, 2.75) is 6.92 Å². The molecule has 0 spiro atoms. The molecule has 18 heavy (non-hydrogen) atoms. The van der Waals surface area contributed by atoms with Gasteiger partial charge in [0.15, 0.2) is 0 Å². The summed E-state index contributed by atoms with van der Waals surface area (Å²) in [7, 11) is 0. The van der Waals surface area contributed by atoms with Gasteiger partial charge in [-0.25, -0.2) is 9.59 Å². The summed E-state index contributed by atoms with van der Waals surface area (Å²) < 4.78 is 9.66. The lowest BCUT2D eigenvalue weighted by atomic mass is 10.1. The van der Waals surface area contributed by atoms with E-state index in [0.29, 0.717) is 0 Å². The van der Waals surface area contributed by atoms with Crippen molar-refractivity contribution in [3.05, 3.63) is 35.4 Å². The second-order valence-corrected chi connectivity index (χ2v) is 3.19. The normalized spacial score (nSPS) is 8.94. The molecule has 0 radical (unpaired) electrons. The quantitative estimate of drug-likeness (QED) is 0.486. The molecule has 5 heteroatoms. The number of ether oxygens (including phenoxy) is 2. The monoisotopic (exact) mass is 248 g/mol. The van der Waals surface area contributed by atoms with Gasteiger partial charge in [-0.05, 0) is 12.1 Å². The third-order valence-corrected chi connectivity index (χ3v) is 1.97. The lowest BCUT2D eigenvalue weighted by molar-refractivity contribution is 0.0425. The van der Waals surface area contributed by atoms with Crippen molar-refractivity contribution in [3.63, 3.8) is 0 Å². The maximum Gasteiger partial charge on any atom is 0.339 e. The van der Waals surface area contributed by atoms with Gasteiger partial charge in [0.05, 0.1) is 11.1 Å². The van der Waals surface area contributed by atoms with E-state index in [9.17, 15) is 9.59 Å². The number of hydrogen-bond donors (Lipinski definition) is 1. The van der Waals surface area contributed by atoms with Crippen LogP contribution in [0.15, 0.2) is 24.3 Å². The van der Waals surface area contributed by atoms with Crippen molar-refractivity contribution >= 4 is 11.9 Å². The minimum Gasteiger partial charge on any atom is -0.478 e. The molecule has 0 saturated carbocycles. The Morgan fingerprint density at radius 2 is 1.89 bits per heavy atom. The standard InChI is InChI=1S/C13H12O5/c1-2-7-17-8-9-18-13(16)11-6-4-3-5-10(11)12(14)15/h3-6H,8-9H2,1H3,(H,14,15). The van der Waals surface area contributed by atoms with E-state index in [1.807, 2.05) is 0 Å². The van der Waals surface area contributed by atoms with E-state index < -0.39 is 11.9 Å². The number of carbonyl (C=O) groups is 2. The molecule has 0 bridgehead atoms. The van der Waals surface area contributed by atoms with Crippen LogP contribution in [-0.4, -0.2) is 30.3 Å². The number of rotatable bonds is 5. The molecule has 0 saturated heterocycles. The average molecular weight is 248 g/mol. The molecule has 0 aliphatic carbocycles. The maximum absolute atomic E-state index is 11.6. The Labute approximate surface area is 104 Å². The first-order valence-corrected chi connectivity index (χ1v) is 5.19. The molecule has 0 atom stereocenters. The first kappa shape index (κ1) is 13.6. The summed E-state index contributed by atoms with van der Waals surface area (Å²) in [5.41, 5.74) is -0.0663. The molecule has 1 N–H and O–H groups in total. The topological polar surface area (TPSA) is 72.8 Å². The van der Waals surface area contributed by atoms with Crippen LogP contribution < -0.4 is 0 Å². The van der Waals surface area contributed by atoms with E-state index in [4.69, 9.17) is 14.6 Å². The predicted molar refractivity (Wildman–Crippen MR) is 63.1 cm³/mol. The van der Waals surface area contributed by atoms with Gasteiger partial charge in [0.1, 0.15) is 19.3 Å². The zero-order valence-electron chi connectivity index (χ0n) is 9.80. The molecule has 0 amide bonds. The summed E-state index contributed by atoms with van der Waals surface area (Å²) >= 11 is 0. The second kappa shape index (κ2) is 6.97. The van der Waals surface area contributed by atoms with E-state index in [0.717, 1.165) is 0 Å². The van der Waals surface area contributed by atoms with Crippen LogP contribution in [0.1, 0.15) is 27.6 Å². The zero-order chi connectivity index (χ0) is 13.4. The Morgan fingerprint density at radius 3 is 2.50 bits per heavy atom. The summed E-state index contributed by atoms with van der Waals surface area (Å²) in [6.45, 7) is 1.78. The van der Waals surface area contributed by atoms with E-state index >= 15 is 0 Å². The molecule has 5 nitrogen and oxygen atoms in total. The summed E-state index contributed by atoms with van der Waals surface area (Å²) in [6.07, 6.45) is 2.36. The van der Waals surface area contributed by atoms with Gasteiger partial charge in [-0.3, -0.25) is 0 Å². The fraction of sp³-hybridized carbons (Fsp3) is 0.231. The van der Waals surface area contributed by atoms with E-state index in [2.05, 4.69) is 12.0 Å². The van der Waals surface area contributed by atoms with Crippen LogP contribution in [-0.2, 0) is 9.47 Å². The second-order valence-electron chi connectivity index (χ2n) is 3.19. The zero-order valence-corrected chi connectivity index (χ0v) is 9.80. The predicted octanol–water partition coefficient (Wildman–Crippen LogP) is 1.54. The van der Waals surface area contributed by atoms with E-state index in [1.54, 1.807) is 19.1 Å². The highest BCUT2D eigenvalue weighted by molar-refractivity contribution is 6.02. The van der Waals surface area contributed by atoms with E-state index in [1.165, 1.54) is 12.1 Å². The van der Waals surface area contributed by atoms with Gasteiger partial charge in [-0.1, -0.05) is 18.1 Å². The number of hydrogen-bond acceptors (Lipinski definition) is 4. The highest BCUT2D eigenvalue weighted by atomic mass is 16.6. The number of aromatic carboxylic acids is 1. The van der Waals surface area contributed by atoms with Gasteiger partial charge in [0.2, 0.25) is 0 Å². The van der Waals surface area contributed by atoms with Crippen molar-refractivity contribution in [2.24, 2.45) is 0 Å². The summed E-state index contributed by atoms with van der Waals surface area (Å²) in [5.74, 6) is 0.657. The first-order valence-electron chi connectivity index (χ1n) is 5.19. The molecule has 1 aromatic carbocycles. The molecular weight excluding hydrogens is 236 g/mol. The van der Waals surface area contributed by atoms with Crippen molar-refractivity contribution in [3.8, 4) is 12.0 Å². The fourth-order valence-corrected chi connectivity index (χ4v) is 1.22. The van der Waals surface area contributed by atoms with Crippen molar-refractivity contribution in [1.29, 1.82) is 0 Å². The van der Waals surface area contributed by atoms with Crippen molar-refractivity contribution in [1.82, 2.24) is 0 Å². The smallest absolute Gasteiger partial charge is 0.339 e.